The summed E-state index contributed by atoms with van der Waals surface area (Å²) < 4.78 is 18.6. The third-order valence-corrected chi connectivity index (χ3v) is 6.64. The minimum atomic E-state index is -0.391. The Labute approximate surface area is 181 Å². The third kappa shape index (κ3) is 4.23. The molecule has 2 aromatic rings. The van der Waals surface area contributed by atoms with Gasteiger partial charge in [-0.25, -0.2) is 0 Å². The Morgan fingerprint density at radius 1 is 1.17 bits per heavy atom. The van der Waals surface area contributed by atoms with Gasteiger partial charge in [-0.3, -0.25) is 10.1 Å². The van der Waals surface area contributed by atoms with Crippen LogP contribution in [0.1, 0.15) is 29.9 Å². The first-order valence-corrected chi connectivity index (χ1v) is 11.1. The molecule has 2 heterocycles. The van der Waals surface area contributed by atoms with Crippen LogP contribution in [-0.2, 0) is 4.74 Å². The number of ether oxygens (including phenoxy) is 3. The van der Waals surface area contributed by atoms with Gasteiger partial charge in [0.15, 0.2) is 0 Å². The van der Waals surface area contributed by atoms with E-state index in [0.717, 1.165) is 49.9 Å². The molecule has 0 aromatic heterocycles. The molecule has 29 heavy (non-hydrogen) atoms. The lowest BCUT2D eigenvalue weighted by Crippen LogP contribution is -2.16. The topological polar surface area (TPSA) is 70.8 Å². The third-order valence-electron chi connectivity index (χ3n) is 4.91. The number of rotatable bonds is 8. The summed E-state index contributed by atoms with van der Waals surface area (Å²) in [5.74, 6) is 3.22. The molecule has 0 saturated carbocycles. The SMILES string of the molecule is COc1ccc(C2=C(SCCCC[N+](=O)[O-])C3c4cc(Br)ccc4OC3O2)cc1. The number of hydrogen-bond donors (Lipinski definition) is 0. The Morgan fingerprint density at radius 2 is 1.97 bits per heavy atom. The highest BCUT2D eigenvalue weighted by molar-refractivity contribution is 9.10. The maximum Gasteiger partial charge on any atom is 0.252 e. The number of benzene rings is 2. The Hall–Kier alpha value is -2.19. The van der Waals surface area contributed by atoms with E-state index in [4.69, 9.17) is 14.2 Å². The average Bonchev–Trinajstić information content (AvgIpc) is 3.24. The van der Waals surface area contributed by atoms with Gasteiger partial charge in [-0.1, -0.05) is 15.9 Å². The highest BCUT2D eigenvalue weighted by Crippen LogP contribution is 2.54. The molecule has 6 nitrogen and oxygen atoms in total. The van der Waals surface area contributed by atoms with E-state index in [0.29, 0.717) is 6.42 Å². The minimum absolute atomic E-state index is 0.000108. The standard InChI is InChI=1S/C21H20BrNO5S/c1-26-15-7-4-13(5-8-15)19-20(29-11-3-2-10-23(24)25)18-16-12-14(22)6-9-17(16)27-21(18)28-19/h4-9,12,18,21H,2-3,10-11H2,1H3. The molecule has 152 valence electrons. The molecule has 2 atom stereocenters. The van der Waals surface area contributed by atoms with Crippen molar-refractivity contribution in [3.63, 3.8) is 0 Å². The van der Waals surface area contributed by atoms with Crippen LogP contribution in [0.15, 0.2) is 51.8 Å². The molecular formula is C21H20BrNO5S. The Kier molecular flexibility index (Phi) is 6.01. The smallest absolute Gasteiger partial charge is 0.252 e. The zero-order chi connectivity index (χ0) is 20.4. The van der Waals surface area contributed by atoms with Crippen molar-refractivity contribution in [3.05, 3.63) is 73.1 Å². The lowest BCUT2D eigenvalue weighted by molar-refractivity contribution is -0.480. The summed E-state index contributed by atoms with van der Waals surface area (Å²) in [6, 6.07) is 13.8. The molecule has 0 N–H and O–H groups in total. The number of hydrogen-bond acceptors (Lipinski definition) is 6. The van der Waals surface area contributed by atoms with Crippen molar-refractivity contribution in [2.45, 2.75) is 25.0 Å². The van der Waals surface area contributed by atoms with Crippen LogP contribution in [0.25, 0.3) is 5.76 Å². The predicted molar refractivity (Wildman–Crippen MR) is 116 cm³/mol. The first-order valence-electron chi connectivity index (χ1n) is 9.33. The molecule has 8 heteroatoms. The zero-order valence-electron chi connectivity index (χ0n) is 15.8. The van der Waals surface area contributed by atoms with Gasteiger partial charge in [0, 0.05) is 31.8 Å². The fourth-order valence-corrected chi connectivity index (χ4v) is 5.18. The van der Waals surface area contributed by atoms with Gasteiger partial charge in [0.05, 0.1) is 13.0 Å². The van der Waals surface area contributed by atoms with Crippen LogP contribution in [0.5, 0.6) is 11.5 Å². The average molecular weight is 478 g/mol. The van der Waals surface area contributed by atoms with Crippen molar-refractivity contribution in [1.29, 1.82) is 0 Å². The summed E-state index contributed by atoms with van der Waals surface area (Å²) in [7, 11) is 1.64. The Balaban J connectivity index is 1.62. The summed E-state index contributed by atoms with van der Waals surface area (Å²) in [4.78, 5) is 11.4. The van der Waals surface area contributed by atoms with Gasteiger partial charge in [-0.2, -0.15) is 0 Å². The molecule has 2 aliphatic rings. The first-order chi connectivity index (χ1) is 14.1. The van der Waals surface area contributed by atoms with Gasteiger partial charge in [-0.05, 0) is 54.6 Å². The van der Waals surface area contributed by atoms with E-state index in [1.54, 1.807) is 18.9 Å². The van der Waals surface area contributed by atoms with Crippen molar-refractivity contribution >= 4 is 33.5 Å². The lowest BCUT2D eigenvalue weighted by atomic mass is 9.99. The summed E-state index contributed by atoms with van der Waals surface area (Å²) in [6.45, 7) is 0.00634. The number of methoxy groups -OCH3 is 1. The molecular weight excluding hydrogens is 458 g/mol. The van der Waals surface area contributed by atoms with E-state index >= 15 is 0 Å². The number of unbranched alkanes of at least 4 members (excludes halogenated alkanes) is 1. The van der Waals surface area contributed by atoms with E-state index in [1.165, 1.54) is 0 Å². The fourth-order valence-electron chi connectivity index (χ4n) is 3.51. The highest BCUT2D eigenvalue weighted by atomic mass is 79.9. The van der Waals surface area contributed by atoms with Crippen molar-refractivity contribution in [2.75, 3.05) is 19.4 Å². The second-order valence-corrected chi connectivity index (χ2v) is 8.85. The number of fused-ring (bicyclic) bond motifs is 3. The fraction of sp³-hybridized carbons (Fsp3) is 0.333. The zero-order valence-corrected chi connectivity index (χ0v) is 18.2. The quantitative estimate of drug-likeness (QED) is 0.286. The molecule has 0 bridgehead atoms. The van der Waals surface area contributed by atoms with Crippen LogP contribution in [0, 0.1) is 10.1 Å². The molecule has 4 rings (SSSR count). The monoisotopic (exact) mass is 477 g/mol. The maximum absolute atomic E-state index is 10.6. The molecule has 2 aromatic carbocycles. The molecule has 0 aliphatic carbocycles. The van der Waals surface area contributed by atoms with Gasteiger partial charge in [0.2, 0.25) is 6.54 Å². The Bertz CT molecular complexity index is 947. The van der Waals surface area contributed by atoms with Gasteiger partial charge in [-0.15, -0.1) is 11.8 Å². The van der Waals surface area contributed by atoms with Crippen molar-refractivity contribution in [3.8, 4) is 11.5 Å². The second kappa shape index (κ2) is 8.67. The van der Waals surface area contributed by atoms with E-state index in [9.17, 15) is 10.1 Å². The maximum atomic E-state index is 10.6. The van der Waals surface area contributed by atoms with E-state index in [1.807, 2.05) is 36.4 Å². The number of thioether (sulfide) groups is 1. The summed E-state index contributed by atoms with van der Waals surface area (Å²) in [5.41, 5.74) is 2.06. The van der Waals surface area contributed by atoms with Crippen LogP contribution in [0.4, 0.5) is 0 Å². The predicted octanol–water partition coefficient (Wildman–Crippen LogP) is 5.45. The summed E-state index contributed by atoms with van der Waals surface area (Å²) in [6.07, 6.45) is 0.950. The van der Waals surface area contributed by atoms with E-state index in [-0.39, 0.29) is 17.4 Å². The minimum Gasteiger partial charge on any atom is -0.497 e. The van der Waals surface area contributed by atoms with Crippen LogP contribution in [-0.4, -0.2) is 30.6 Å². The summed E-state index contributed by atoms with van der Waals surface area (Å²) in [5, 5.41) is 10.6. The molecule has 0 saturated heterocycles. The van der Waals surface area contributed by atoms with Crippen LogP contribution in [0.2, 0.25) is 0 Å². The normalized spacial score (nSPS) is 19.4. The van der Waals surface area contributed by atoms with Gasteiger partial charge in [0.25, 0.3) is 6.29 Å². The van der Waals surface area contributed by atoms with Crippen LogP contribution >= 0.6 is 27.7 Å². The van der Waals surface area contributed by atoms with Gasteiger partial charge in [0.1, 0.15) is 17.3 Å². The van der Waals surface area contributed by atoms with Crippen LogP contribution in [0.3, 0.4) is 0 Å². The van der Waals surface area contributed by atoms with Crippen molar-refractivity contribution < 1.29 is 19.1 Å². The summed E-state index contributed by atoms with van der Waals surface area (Å²) >= 11 is 5.25. The molecule has 0 spiro atoms. The van der Waals surface area contributed by atoms with E-state index < -0.39 is 6.29 Å². The van der Waals surface area contributed by atoms with Gasteiger partial charge < -0.3 is 14.2 Å². The number of nitro groups is 1. The lowest BCUT2D eigenvalue weighted by Gasteiger charge is -2.12. The van der Waals surface area contributed by atoms with Gasteiger partial charge >= 0.3 is 0 Å². The van der Waals surface area contributed by atoms with Crippen molar-refractivity contribution in [2.24, 2.45) is 0 Å². The molecule has 2 unspecified atom stereocenters. The number of nitrogens with zero attached hydrogens (tertiary/aromatic N) is 1. The molecule has 2 aliphatic heterocycles. The van der Waals surface area contributed by atoms with Crippen molar-refractivity contribution in [1.82, 2.24) is 0 Å². The van der Waals surface area contributed by atoms with E-state index in [2.05, 4.69) is 22.0 Å². The molecule has 0 fully saturated rings. The molecule has 0 radical (unpaired) electrons. The first kappa shape index (κ1) is 20.1. The second-order valence-electron chi connectivity index (χ2n) is 6.80. The molecule has 0 amide bonds. The highest BCUT2D eigenvalue weighted by Gasteiger charge is 2.46. The van der Waals surface area contributed by atoms with Crippen LogP contribution < -0.4 is 9.47 Å². The number of halogens is 1. The Morgan fingerprint density at radius 3 is 2.69 bits per heavy atom. The largest absolute Gasteiger partial charge is 0.497 e.